The van der Waals surface area contributed by atoms with Gasteiger partial charge in [0.25, 0.3) is 0 Å². The maximum atomic E-state index is 13.3. The minimum Gasteiger partial charge on any atom is -0.324 e. The van der Waals surface area contributed by atoms with Crippen LogP contribution in [0.2, 0.25) is 0 Å². The standard InChI is InChI=1S/C9H9BrF3N.ClH/c10-6-3-1-2-5(9(6)13)7(14)4-8(11)12;/h1-3,7-8H,4,14H2;1H/t7-;/m0./s1. The second kappa shape index (κ2) is 6.35. The van der Waals surface area contributed by atoms with Crippen LogP contribution in [0.5, 0.6) is 0 Å². The van der Waals surface area contributed by atoms with Crippen LogP contribution in [-0.2, 0) is 0 Å². The average Bonchev–Trinajstić information content (AvgIpc) is 2.08. The summed E-state index contributed by atoms with van der Waals surface area (Å²) in [7, 11) is 0. The Morgan fingerprint density at radius 3 is 2.47 bits per heavy atom. The minimum atomic E-state index is -2.52. The van der Waals surface area contributed by atoms with Crippen LogP contribution in [-0.4, -0.2) is 6.43 Å². The largest absolute Gasteiger partial charge is 0.324 e. The highest BCUT2D eigenvalue weighted by molar-refractivity contribution is 9.10. The van der Waals surface area contributed by atoms with Crippen LogP contribution >= 0.6 is 28.3 Å². The van der Waals surface area contributed by atoms with E-state index in [9.17, 15) is 13.2 Å². The summed E-state index contributed by atoms with van der Waals surface area (Å²) < 4.78 is 37.5. The van der Waals surface area contributed by atoms with Gasteiger partial charge in [0.05, 0.1) is 4.47 Å². The first kappa shape index (κ1) is 14.7. The molecule has 1 aromatic rings. The predicted octanol–water partition coefficient (Wildman–Crippen LogP) is 3.67. The molecule has 15 heavy (non-hydrogen) atoms. The van der Waals surface area contributed by atoms with Crippen molar-refractivity contribution in [3.8, 4) is 0 Å². The molecule has 2 N–H and O–H groups in total. The number of hydrogen-bond donors (Lipinski definition) is 1. The SMILES string of the molecule is Cl.N[C@@H](CC(F)F)c1cccc(Br)c1F. The highest BCUT2D eigenvalue weighted by atomic mass is 79.9. The van der Waals surface area contributed by atoms with E-state index in [-0.39, 0.29) is 22.4 Å². The van der Waals surface area contributed by atoms with Gasteiger partial charge in [-0.15, -0.1) is 12.4 Å². The van der Waals surface area contributed by atoms with E-state index in [4.69, 9.17) is 5.73 Å². The van der Waals surface area contributed by atoms with Gasteiger partial charge in [0, 0.05) is 18.0 Å². The van der Waals surface area contributed by atoms with E-state index in [1.807, 2.05) is 0 Å². The molecule has 1 nitrogen and oxygen atoms in total. The summed E-state index contributed by atoms with van der Waals surface area (Å²) >= 11 is 2.96. The van der Waals surface area contributed by atoms with Crippen molar-refractivity contribution in [1.82, 2.24) is 0 Å². The normalized spacial score (nSPS) is 12.4. The predicted molar refractivity (Wildman–Crippen MR) is 58.9 cm³/mol. The first-order valence-corrected chi connectivity index (χ1v) is 4.79. The third-order valence-corrected chi connectivity index (χ3v) is 2.43. The van der Waals surface area contributed by atoms with E-state index in [1.165, 1.54) is 12.1 Å². The summed E-state index contributed by atoms with van der Waals surface area (Å²) in [6.45, 7) is 0. The van der Waals surface area contributed by atoms with Gasteiger partial charge in [0.2, 0.25) is 6.43 Å². The van der Waals surface area contributed by atoms with Crippen LogP contribution in [0.3, 0.4) is 0 Å². The second-order valence-corrected chi connectivity index (χ2v) is 3.73. The molecule has 0 heterocycles. The van der Waals surface area contributed by atoms with Crippen molar-refractivity contribution in [2.45, 2.75) is 18.9 Å². The lowest BCUT2D eigenvalue weighted by molar-refractivity contribution is 0.128. The van der Waals surface area contributed by atoms with Crippen LogP contribution in [0.1, 0.15) is 18.0 Å². The molecular formula is C9H10BrClF3N. The molecule has 1 atom stereocenters. The molecular weight excluding hydrogens is 294 g/mol. The molecule has 0 saturated heterocycles. The molecule has 0 fully saturated rings. The molecule has 0 bridgehead atoms. The molecule has 0 unspecified atom stereocenters. The number of halogens is 5. The van der Waals surface area contributed by atoms with Crippen molar-refractivity contribution in [2.24, 2.45) is 5.73 Å². The Morgan fingerprint density at radius 1 is 1.33 bits per heavy atom. The highest BCUT2D eigenvalue weighted by Crippen LogP contribution is 2.25. The molecule has 86 valence electrons. The fraction of sp³-hybridized carbons (Fsp3) is 0.333. The molecule has 1 aromatic carbocycles. The van der Waals surface area contributed by atoms with Crippen LogP contribution in [0.15, 0.2) is 22.7 Å². The summed E-state index contributed by atoms with van der Waals surface area (Å²) in [6.07, 6.45) is -3.06. The van der Waals surface area contributed by atoms with Crippen molar-refractivity contribution in [3.63, 3.8) is 0 Å². The molecule has 0 saturated carbocycles. The summed E-state index contributed by atoms with van der Waals surface area (Å²) in [6, 6.07) is 3.50. The van der Waals surface area contributed by atoms with E-state index >= 15 is 0 Å². The van der Waals surface area contributed by atoms with Gasteiger partial charge in [-0.1, -0.05) is 12.1 Å². The van der Waals surface area contributed by atoms with Crippen LogP contribution in [0.4, 0.5) is 13.2 Å². The molecule has 0 amide bonds. The van der Waals surface area contributed by atoms with Crippen molar-refractivity contribution < 1.29 is 13.2 Å². The van der Waals surface area contributed by atoms with Crippen molar-refractivity contribution >= 4 is 28.3 Å². The van der Waals surface area contributed by atoms with E-state index in [2.05, 4.69) is 15.9 Å². The summed E-state index contributed by atoms with van der Waals surface area (Å²) in [5, 5.41) is 0. The molecule has 1 rings (SSSR count). The highest BCUT2D eigenvalue weighted by Gasteiger charge is 2.17. The fourth-order valence-electron chi connectivity index (χ4n) is 1.13. The maximum Gasteiger partial charge on any atom is 0.240 e. The first-order chi connectivity index (χ1) is 6.52. The Kier molecular flexibility index (Phi) is 6.24. The zero-order valence-corrected chi connectivity index (χ0v) is 9.99. The molecule has 0 aromatic heterocycles. The smallest absolute Gasteiger partial charge is 0.240 e. The summed E-state index contributed by atoms with van der Waals surface area (Å²) in [5.41, 5.74) is 5.54. The van der Waals surface area contributed by atoms with Crippen LogP contribution < -0.4 is 5.73 Å². The number of nitrogens with two attached hydrogens (primary N) is 1. The maximum absolute atomic E-state index is 13.3. The molecule has 0 aliphatic rings. The van der Waals surface area contributed by atoms with E-state index in [1.54, 1.807) is 6.07 Å². The third kappa shape index (κ3) is 4.01. The van der Waals surface area contributed by atoms with E-state index in [0.717, 1.165) is 0 Å². The lowest BCUT2D eigenvalue weighted by atomic mass is 10.0. The molecule has 0 aliphatic carbocycles. The van der Waals surface area contributed by atoms with Gasteiger partial charge in [0.15, 0.2) is 0 Å². The van der Waals surface area contributed by atoms with Crippen LogP contribution in [0.25, 0.3) is 0 Å². The Bertz CT molecular complexity index is 322. The van der Waals surface area contributed by atoms with Gasteiger partial charge in [0.1, 0.15) is 5.82 Å². The number of rotatable bonds is 3. The fourth-order valence-corrected chi connectivity index (χ4v) is 1.51. The van der Waals surface area contributed by atoms with Crippen LogP contribution in [0, 0.1) is 5.82 Å². The van der Waals surface area contributed by atoms with Crippen molar-refractivity contribution in [2.75, 3.05) is 0 Å². The number of alkyl halides is 2. The lowest BCUT2D eigenvalue weighted by Crippen LogP contribution is -2.15. The third-order valence-electron chi connectivity index (χ3n) is 1.81. The number of benzene rings is 1. The number of hydrogen-bond acceptors (Lipinski definition) is 1. The zero-order chi connectivity index (χ0) is 10.7. The monoisotopic (exact) mass is 303 g/mol. The summed E-state index contributed by atoms with van der Waals surface area (Å²) in [4.78, 5) is 0. The first-order valence-electron chi connectivity index (χ1n) is 4.00. The van der Waals surface area contributed by atoms with E-state index < -0.39 is 24.7 Å². The summed E-state index contributed by atoms with van der Waals surface area (Å²) in [5.74, 6) is -0.569. The van der Waals surface area contributed by atoms with Gasteiger partial charge in [-0.05, 0) is 22.0 Å². The molecule has 0 radical (unpaired) electrons. The molecule has 0 aliphatic heterocycles. The topological polar surface area (TPSA) is 26.0 Å². The van der Waals surface area contributed by atoms with Crippen molar-refractivity contribution in [3.05, 3.63) is 34.1 Å². The Morgan fingerprint density at radius 2 is 1.93 bits per heavy atom. The Balaban J connectivity index is 0.00000196. The second-order valence-electron chi connectivity index (χ2n) is 2.88. The van der Waals surface area contributed by atoms with Crippen molar-refractivity contribution in [1.29, 1.82) is 0 Å². The van der Waals surface area contributed by atoms with Gasteiger partial charge in [-0.3, -0.25) is 0 Å². The van der Waals surface area contributed by atoms with Gasteiger partial charge in [-0.2, -0.15) is 0 Å². The van der Waals surface area contributed by atoms with E-state index in [0.29, 0.717) is 0 Å². The molecule has 6 heteroatoms. The van der Waals surface area contributed by atoms with Gasteiger partial charge < -0.3 is 5.73 Å². The lowest BCUT2D eigenvalue weighted by Gasteiger charge is -2.12. The Labute approximate surface area is 100 Å². The minimum absolute atomic E-state index is 0. The zero-order valence-electron chi connectivity index (χ0n) is 7.59. The van der Waals surface area contributed by atoms with Gasteiger partial charge in [-0.25, -0.2) is 13.2 Å². The van der Waals surface area contributed by atoms with Gasteiger partial charge >= 0.3 is 0 Å². The Hall–Kier alpha value is -0.260. The average molecular weight is 305 g/mol. The molecule has 0 spiro atoms. The quantitative estimate of drug-likeness (QED) is 0.906.